The van der Waals surface area contributed by atoms with Crippen LogP contribution in [0.4, 0.5) is 22.0 Å². The van der Waals surface area contributed by atoms with Gasteiger partial charge in [0.15, 0.2) is 5.78 Å². The van der Waals surface area contributed by atoms with Crippen molar-refractivity contribution in [3.8, 4) is 0 Å². The van der Waals surface area contributed by atoms with Crippen molar-refractivity contribution < 1.29 is 26.7 Å². The van der Waals surface area contributed by atoms with Crippen LogP contribution in [0.15, 0.2) is 53.4 Å². The van der Waals surface area contributed by atoms with E-state index in [0.29, 0.717) is 0 Å². The van der Waals surface area contributed by atoms with Crippen LogP contribution in [0.25, 0.3) is 0 Å². The summed E-state index contributed by atoms with van der Waals surface area (Å²) >= 11 is -0.272. The van der Waals surface area contributed by atoms with E-state index in [9.17, 15) is 26.7 Å². The van der Waals surface area contributed by atoms with Crippen molar-refractivity contribution >= 4 is 17.5 Å². The molecule has 0 amide bonds. The van der Waals surface area contributed by atoms with E-state index in [-0.39, 0.29) is 27.8 Å². The summed E-state index contributed by atoms with van der Waals surface area (Å²) in [5, 5.41) is -4.19. The van der Waals surface area contributed by atoms with Gasteiger partial charge in [0.25, 0.3) is 0 Å². The first-order valence-corrected chi connectivity index (χ1v) is 6.86. The van der Waals surface area contributed by atoms with Crippen molar-refractivity contribution in [2.24, 2.45) is 0 Å². The Morgan fingerprint density at radius 2 is 1.36 bits per heavy atom. The molecule has 2 aromatic carbocycles. The summed E-state index contributed by atoms with van der Waals surface area (Å²) < 4.78 is 62.8. The molecule has 116 valence electrons. The van der Waals surface area contributed by atoms with E-state index < -0.39 is 23.3 Å². The fraction of sp³-hybridized carbons (Fsp3) is 0.133. The van der Waals surface area contributed by atoms with E-state index in [1.807, 2.05) is 0 Å². The van der Waals surface area contributed by atoms with Crippen molar-refractivity contribution in [1.29, 1.82) is 0 Å². The average molecular weight is 332 g/mol. The van der Waals surface area contributed by atoms with Crippen LogP contribution in [0.2, 0.25) is 0 Å². The number of halogens is 5. The molecule has 2 rings (SSSR count). The van der Waals surface area contributed by atoms with Crippen molar-refractivity contribution in [1.82, 2.24) is 0 Å². The Labute approximate surface area is 127 Å². The maximum atomic E-state index is 12.9. The van der Waals surface area contributed by atoms with Crippen molar-refractivity contribution in [2.75, 3.05) is 0 Å². The van der Waals surface area contributed by atoms with Gasteiger partial charge in [0.1, 0.15) is 5.82 Å². The highest BCUT2D eigenvalue weighted by Gasteiger charge is 2.41. The number of hydrogen-bond donors (Lipinski definition) is 0. The molecular weight excluding hydrogens is 323 g/mol. The van der Waals surface area contributed by atoms with Gasteiger partial charge in [0.05, 0.1) is 0 Å². The van der Waals surface area contributed by atoms with Crippen LogP contribution in [0, 0.1) is 5.82 Å². The highest BCUT2D eigenvalue weighted by molar-refractivity contribution is 8.00. The monoisotopic (exact) mass is 332 g/mol. The molecule has 0 atom stereocenters. The Morgan fingerprint density at radius 1 is 0.909 bits per heavy atom. The van der Waals surface area contributed by atoms with E-state index in [0.717, 1.165) is 24.3 Å². The molecule has 0 aliphatic heterocycles. The lowest BCUT2D eigenvalue weighted by Crippen LogP contribution is -2.21. The van der Waals surface area contributed by atoms with E-state index in [1.54, 1.807) is 0 Å². The molecule has 0 aliphatic rings. The molecular formula is C15H9F5OS. The number of ketones is 1. The lowest BCUT2D eigenvalue weighted by atomic mass is 10.0. The average Bonchev–Trinajstić information content (AvgIpc) is 2.47. The number of alkyl halides is 4. The molecule has 0 radical (unpaired) electrons. The first-order valence-electron chi connectivity index (χ1n) is 6.05. The maximum absolute atomic E-state index is 12.9. The minimum absolute atomic E-state index is 0.0824. The minimum atomic E-state index is -4.19. The van der Waals surface area contributed by atoms with Gasteiger partial charge in [-0.05, 0) is 60.3 Å². The van der Waals surface area contributed by atoms with Crippen LogP contribution >= 0.6 is 11.8 Å². The molecule has 22 heavy (non-hydrogen) atoms. The largest absolute Gasteiger partial charge is 0.357 e. The second-order valence-electron chi connectivity index (χ2n) is 4.32. The third-order valence-corrected chi connectivity index (χ3v) is 3.69. The van der Waals surface area contributed by atoms with E-state index in [1.165, 1.54) is 24.3 Å². The fourth-order valence-electron chi connectivity index (χ4n) is 1.64. The molecule has 7 heteroatoms. The summed E-state index contributed by atoms with van der Waals surface area (Å²) in [6.07, 6.45) is -3.78. The molecule has 0 bridgehead atoms. The molecule has 0 aromatic heterocycles. The van der Waals surface area contributed by atoms with Gasteiger partial charge in [-0.3, -0.25) is 4.79 Å². The summed E-state index contributed by atoms with van der Waals surface area (Å²) in [5.41, 5.74) is 0.427. The normalized spacial score (nSPS) is 11.7. The first kappa shape index (κ1) is 16.5. The van der Waals surface area contributed by atoms with Gasteiger partial charge in [0.2, 0.25) is 0 Å². The summed E-state index contributed by atoms with van der Waals surface area (Å²) in [6, 6.07) is 9.69. The van der Waals surface area contributed by atoms with E-state index in [2.05, 4.69) is 0 Å². The number of thioether (sulfide) groups is 1. The summed E-state index contributed by atoms with van der Waals surface area (Å²) in [5.74, 6) is -0.908. The van der Waals surface area contributed by atoms with Gasteiger partial charge in [-0.2, -0.15) is 8.78 Å². The van der Waals surface area contributed by atoms with Gasteiger partial charge < -0.3 is 0 Å². The lowest BCUT2D eigenvalue weighted by molar-refractivity contribution is -0.0563. The van der Waals surface area contributed by atoms with Crippen LogP contribution in [-0.2, 0) is 0 Å². The lowest BCUT2D eigenvalue weighted by Gasteiger charge is -2.14. The topological polar surface area (TPSA) is 17.1 Å². The zero-order chi connectivity index (χ0) is 16.3. The van der Waals surface area contributed by atoms with Gasteiger partial charge in [-0.15, -0.1) is 0 Å². The molecule has 0 aliphatic carbocycles. The molecule has 0 heterocycles. The molecule has 1 nitrogen and oxygen atoms in total. The molecule has 0 saturated carbocycles. The van der Waals surface area contributed by atoms with Gasteiger partial charge in [-0.25, -0.2) is 13.2 Å². The van der Waals surface area contributed by atoms with Crippen LogP contribution in [-0.4, -0.2) is 17.5 Å². The summed E-state index contributed by atoms with van der Waals surface area (Å²) in [4.78, 5) is 12.0. The van der Waals surface area contributed by atoms with E-state index >= 15 is 0 Å². The highest BCUT2D eigenvalue weighted by atomic mass is 32.2. The highest BCUT2D eigenvalue weighted by Crippen LogP contribution is 2.40. The Bertz CT molecular complexity index is 653. The van der Waals surface area contributed by atoms with Crippen LogP contribution in [0.1, 0.15) is 15.9 Å². The minimum Gasteiger partial charge on any atom is -0.289 e. The van der Waals surface area contributed by atoms with E-state index in [4.69, 9.17) is 0 Å². The van der Waals surface area contributed by atoms with Crippen LogP contribution in [0.5, 0.6) is 0 Å². The van der Waals surface area contributed by atoms with Gasteiger partial charge in [0, 0.05) is 16.0 Å². The molecule has 0 spiro atoms. The molecule has 0 fully saturated rings. The van der Waals surface area contributed by atoms with Crippen molar-refractivity contribution in [3.63, 3.8) is 0 Å². The summed E-state index contributed by atoms with van der Waals surface area (Å²) in [6.45, 7) is 0. The fourth-order valence-corrected chi connectivity index (χ4v) is 2.32. The standard InChI is InChI=1S/C15H9F5OS/c16-11-5-1-9(2-6-11)13(21)10-3-7-12(8-4-10)22-15(19,20)14(17)18/h1-8,14H. The molecule has 2 aromatic rings. The zero-order valence-corrected chi connectivity index (χ0v) is 11.7. The van der Waals surface area contributed by atoms with Crippen LogP contribution in [0.3, 0.4) is 0 Å². The molecule has 0 N–H and O–H groups in total. The van der Waals surface area contributed by atoms with Gasteiger partial charge in [-0.1, -0.05) is 0 Å². The Kier molecular flexibility index (Phi) is 4.85. The predicted molar refractivity (Wildman–Crippen MR) is 73.1 cm³/mol. The second kappa shape index (κ2) is 6.48. The first-order chi connectivity index (χ1) is 10.3. The SMILES string of the molecule is O=C(c1ccc(F)cc1)c1ccc(SC(F)(F)C(F)F)cc1. The Morgan fingerprint density at radius 3 is 1.82 bits per heavy atom. The van der Waals surface area contributed by atoms with Crippen LogP contribution < -0.4 is 0 Å². The number of carbonyl (C=O) groups excluding carboxylic acids is 1. The third kappa shape index (κ3) is 3.85. The number of rotatable bonds is 5. The van der Waals surface area contributed by atoms with Gasteiger partial charge >= 0.3 is 11.7 Å². The maximum Gasteiger partial charge on any atom is 0.357 e. The smallest absolute Gasteiger partial charge is 0.289 e. The number of carbonyl (C=O) groups is 1. The Hall–Kier alpha value is -1.89. The molecule has 0 saturated heterocycles. The second-order valence-corrected chi connectivity index (χ2v) is 5.54. The Balaban J connectivity index is 2.15. The zero-order valence-electron chi connectivity index (χ0n) is 10.9. The van der Waals surface area contributed by atoms with Crippen molar-refractivity contribution in [2.45, 2.75) is 16.6 Å². The van der Waals surface area contributed by atoms with Crippen molar-refractivity contribution in [3.05, 3.63) is 65.5 Å². The molecule has 0 unspecified atom stereocenters. The number of benzene rings is 2. The quantitative estimate of drug-likeness (QED) is 0.435. The third-order valence-electron chi connectivity index (χ3n) is 2.73. The number of hydrogen-bond acceptors (Lipinski definition) is 2. The summed E-state index contributed by atoms with van der Waals surface area (Å²) in [7, 11) is 0. The predicted octanol–water partition coefficient (Wildman–Crippen LogP) is 5.01.